The number of nitrogen functional groups attached to an aromatic ring is 1. The van der Waals surface area contributed by atoms with E-state index >= 15 is 0 Å². The lowest BCUT2D eigenvalue weighted by molar-refractivity contribution is 0.0270. The van der Waals surface area contributed by atoms with Crippen molar-refractivity contribution in [3.8, 4) is 11.3 Å². The third kappa shape index (κ3) is 3.34. The van der Waals surface area contributed by atoms with Crippen molar-refractivity contribution in [1.82, 2.24) is 24.8 Å². The average Bonchev–Trinajstić information content (AvgIpc) is 3.13. The van der Waals surface area contributed by atoms with E-state index in [2.05, 4.69) is 20.9 Å². The highest BCUT2D eigenvalue weighted by Gasteiger charge is 2.58. The van der Waals surface area contributed by atoms with E-state index < -0.39 is 5.60 Å². The third-order valence-corrected chi connectivity index (χ3v) is 7.25. The van der Waals surface area contributed by atoms with Crippen molar-refractivity contribution in [2.75, 3.05) is 30.3 Å². The maximum atomic E-state index is 12.5. The molecule has 5 fully saturated rings. The van der Waals surface area contributed by atoms with Crippen LogP contribution in [0.2, 0.25) is 0 Å². The number of nitrogens with zero attached hydrogens (tertiary/aromatic N) is 6. The fraction of sp³-hybridized carbons (Fsp3) is 0.609. The molecule has 32 heavy (non-hydrogen) atoms. The summed E-state index contributed by atoms with van der Waals surface area (Å²) in [6, 6.07) is 2.63. The zero-order valence-electron chi connectivity index (χ0n) is 18.7. The number of nitrogens with two attached hydrogens (primary N) is 1. The lowest BCUT2D eigenvalue weighted by Crippen LogP contribution is -2.37. The predicted molar refractivity (Wildman–Crippen MR) is 119 cm³/mol. The molecule has 2 saturated carbocycles. The van der Waals surface area contributed by atoms with Gasteiger partial charge in [0.15, 0.2) is 0 Å². The van der Waals surface area contributed by atoms with E-state index in [1.165, 1.54) is 12.8 Å². The highest BCUT2D eigenvalue weighted by molar-refractivity contribution is 5.69. The molecule has 2 bridgehead atoms. The van der Waals surface area contributed by atoms with Gasteiger partial charge in [0.25, 0.3) is 0 Å². The number of likely N-dealkylation sites (tertiary alicyclic amines) is 1. The molecule has 0 radical (unpaired) electrons. The number of rotatable bonds is 3. The van der Waals surface area contributed by atoms with E-state index in [0.29, 0.717) is 23.8 Å². The molecule has 0 spiro atoms. The van der Waals surface area contributed by atoms with E-state index in [0.717, 1.165) is 48.5 Å². The number of hydrogen-bond donors (Lipinski definition) is 1. The van der Waals surface area contributed by atoms with Crippen molar-refractivity contribution in [3.63, 3.8) is 0 Å². The molecule has 2 aromatic rings. The summed E-state index contributed by atoms with van der Waals surface area (Å²) in [7, 11) is 0. The van der Waals surface area contributed by atoms with Crippen LogP contribution in [0.15, 0.2) is 18.5 Å². The van der Waals surface area contributed by atoms with Crippen LogP contribution in [0.25, 0.3) is 11.3 Å². The molecule has 9 heteroatoms. The van der Waals surface area contributed by atoms with Crippen LogP contribution in [-0.2, 0) is 4.74 Å². The first-order valence-corrected chi connectivity index (χ1v) is 11.5. The maximum Gasteiger partial charge on any atom is 0.410 e. The van der Waals surface area contributed by atoms with Gasteiger partial charge in [-0.3, -0.25) is 0 Å². The summed E-state index contributed by atoms with van der Waals surface area (Å²) in [5.74, 6) is 3.04. The first-order chi connectivity index (χ1) is 15.2. The molecule has 3 atom stereocenters. The Hall–Kier alpha value is -2.97. The summed E-state index contributed by atoms with van der Waals surface area (Å²) in [6.45, 7) is 8.18. The number of amides is 1. The molecule has 2 aliphatic carbocycles. The van der Waals surface area contributed by atoms with Crippen LogP contribution in [0.5, 0.6) is 0 Å². The highest BCUT2D eigenvalue weighted by Crippen LogP contribution is 2.58. The summed E-state index contributed by atoms with van der Waals surface area (Å²) in [4.78, 5) is 34.9. The third-order valence-electron chi connectivity index (χ3n) is 7.25. The Labute approximate surface area is 187 Å². The van der Waals surface area contributed by atoms with E-state index in [1.54, 1.807) is 12.4 Å². The van der Waals surface area contributed by atoms with Crippen molar-refractivity contribution in [3.05, 3.63) is 24.2 Å². The second kappa shape index (κ2) is 6.76. The number of anilines is 2. The molecule has 2 N–H and O–H groups in total. The molecular formula is C23H29N7O2. The second-order valence-corrected chi connectivity index (χ2v) is 10.7. The Balaban J connectivity index is 1.26. The molecule has 3 aliphatic heterocycles. The molecular weight excluding hydrogens is 406 g/mol. The fourth-order valence-electron chi connectivity index (χ4n) is 5.59. The van der Waals surface area contributed by atoms with Crippen LogP contribution < -0.4 is 10.6 Å². The summed E-state index contributed by atoms with van der Waals surface area (Å²) < 4.78 is 5.55. The van der Waals surface area contributed by atoms with Gasteiger partial charge in [0, 0.05) is 49.6 Å². The number of ether oxygens (including phenoxy) is 1. The van der Waals surface area contributed by atoms with E-state index in [4.69, 9.17) is 20.4 Å². The second-order valence-electron chi connectivity index (χ2n) is 10.7. The van der Waals surface area contributed by atoms with Crippen LogP contribution in [0.3, 0.4) is 0 Å². The summed E-state index contributed by atoms with van der Waals surface area (Å²) in [6.07, 6.45) is 5.71. The van der Waals surface area contributed by atoms with Crippen molar-refractivity contribution >= 4 is 18.0 Å². The normalized spacial score (nSPS) is 30.2. The summed E-state index contributed by atoms with van der Waals surface area (Å²) in [5.41, 5.74) is 7.94. The number of piperidine rings is 1. The van der Waals surface area contributed by atoms with Gasteiger partial charge in [-0.15, -0.1) is 0 Å². The minimum atomic E-state index is -0.475. The average molecular weight is 436 g/mol. The summed E-state index contributed by atoms with van der Waals surface area (Å²) in [5, 5.41) is 0. The van der Waals surface area contributed by atoms with E-state index in [1.807, 2.05) is 25.7 Å². The maximum absolute atomic E-state index is 12.5. The van der Waals surface area contributed by atoms with Gasteiger partial charge in [-0.25, -0.2) is 24.7 Å². The summed E-state index contributed by atoms with van der Waals surface area (Å²) >= 11 is 0. The molecule has 5 heterocycles. The Bertz CT molecular complexity index is 1050. The van der Waals surface area contributed by atoms with E-state index in [-0.39, 0.29) is 12.0 Å². The number of fused-ring (bicyclic) bond motifs is 2. The Morgan fingerprint density at radius 3 is 2.38 bits per heavy atom. The van der Waals surface area contributed by atoms with Crippen LogP contribution in [0.1, 0.15) is 45.2 Å². The van der Waals surface area contributed by atoms with Gasteiger partial charge in [0.2, 0.25) is 11.9 Å². The highest BCUT2D eigenvalue weighted by atomic mass is 16.6. The SMILES string of the molecule is CC(C)(C)OC(=O)N1C[C@@H]2C(c3cc(-c4cnc(N)nc4)nc(N4CC5CC4C5)n3)[C@@H]2C1. The van der Waals surface area contributed by atoms with Crippen LogP contribution in [0.4, 0.5) is 16.7 Å². The number of carbonyl (C=O) groups excluding carboxylic acids is 1. The van der Waals surface area contributed by atoms with Crippen molar-refractivity contribution in [2.24, 2.45) is 17.8 Å². The first-order valence-electron chi connectivity index (χ1n) is 11.5. The molecule has 9 nitrogen and oxygen atoms in total. The standard InChI is InChI=1S/C23H29N7O2/c1-23(2,3)32-22(31)29-10-15-16(11-29)19(15)18-6-17(13-7-25-20(24)26-8-13)27-21(28-18)30-9-12-4-14(30)5-12/h6-8,12,14-16,19H,4-5,9-11H2,1-3H3,(H2,24,25,26)/t12?,14?,15-,16+,19?. The van der Waals surface area contributed by atoms with Crippen molar-refractivity contribution in [2.45, 2.75) is 51.2 Å². The Morgan fingerprint density at radius 1 is 1.09 bits per heavy atom. The minimum absolute atomic E-state index is 0.219. The van der Waals surface area contributed by atoms with Gasteiger partial charge in [0.1, 0.15) is 5.60 Å². The fourth-order valence-corrected chi connectivity index (χ4v) is 5.59. The lowest BCUT2D eigenvalue weighted by Gasteiger charge is -2.27. The van der Waals surface area contributed by atoms with Crippen LogP contribution >= 0.6 is 0 Å². The molecule has 1 unspecified atom stereocenters. The predicted octanol–water partition coefficient (Wildman–Crippen LogP) is 2.69. The Kier molecular flexibility index (Phi) is 4.16. The lowest BCUT2D eigenvalue weighted by atomic mass is 9.86. The zero-order chi connectivity index (χ0) is 22.2. The minimum Gasteiger partial charge on any atom is -0.444 e. The largest absolute Gasteiger partial charge is 0.444 e. The molecule has 168 valence electrons. The monoisotopic (exact) mass is 435 g/mol. The van der Waals surface area contributed by atoms with Crippen LogP contribution in [0, 0.1) is 17.8 Å². The molecule has 7 rings (SSSR count). The smallest absolute Gasteiger partial charge is 0.410 e. The van der Waals surface area contributed by atoms with Gasteiger partial charge >= 0.3 is 6.09 Å². The topological polar surface area (TPSA) is 110 Å². The number of hydrogen-bond acceptors (Lipinski definition) is 8. The van der Waals surface area contributed by atoms with Gasteiger partial charge in [0.05, 0.1) is 11.4 Å². The first kappa shape index (κ1) is 19.7. The number of aromatic nitrogens is 4. The molecule has 3 saturated heterocycles. The van der Waals surface area contributed by atoms with Crippen molar-refractivity contribution in [1.29, 1.82) is 0 Å². The van der Waals surface area contributed by atoms with E-state index in [9.17, 15) is 4.79 Å². The quantitative estimate of drug-likeness (QED) is 0.783. The molecule has 5 aliphatic rings. The van der Waals surface area contributed by atoms with Gasteiger partial charge in [-0.2, -0.15) is 0 Å². The zero-order valence-corrected chi connectivity index (χ0v) is 18.7. The molecule has 1 amide bonds. The van der Waals surface area contributed by atoms with Gasteiger partial charge < -0.3 is 20.3 Å². The molecule has 0 aromatic carbocycles. The van der Waals surface area contributed by atoms with Crippen LogP contribution in [-0.4, -0.2) is 62.2 Å². The number of carbonyl (C=O) groups is 1. The molecule has 2 aromatic heterocycles. The van der Waals surface area contributed by atoms with Gasteiger partial charge in [-0.1, -0.05) is 0 Å². The Morgan fingerprint density at radius 2 is 1.78 bits per heavy atom. The van der Waals surface area contributed by atoms with Crippen molar-refractivity contribution < 1.29 is 9.53 Å². The van der Waals surface area contributed by atoms with Gasteiger partial charge in [-0.05, 0) is 57.4 Å².